The summed E-state index contributed by atoms with van der Waals surface area (Å²) >= 11 is 0. The molecule has 0 saturated carbocycles. The molecule has 168 valence electrons. The summed E-state index contributed by atoms with van der Waals surface area (Å²) in [7, 11) is 0. The molecule has 0 aliphatic carbocycles. The number of nitrogens with one attached hydrogen (secondary N) is 3. The number of nitro benzene ring substituents is 1. The molecule has 1 aromatic heterocycles. The first-order valence-corrected chi connectivity index (χ1v) is 10.2. The standard InChI is InChI=1S/C25H19N5O4/c31-24(18-6-2-1-3-7-18)28-23(14-17-10-12-20(13-11-17)30(33)34)25(32)29-27-16-19-15-26-22-9-5-4-8-21(19)22/h1-16,26H,(H,28,31)(H,29,32)/b23-14?,27-16+. The van der Waals surface area contributed by atoms with E-state index in [9.17, 15) is 19.7 Å². The number of hydrogen-bond donors (Lipinski definition) is 3. The molecule has 3 N–H and O–H groups in total. The van der Waals surface area contributed by atoms with Gasteiger partial charge in [-0.2, -0.15) is 5.10 Å². The average molecular weight is 453 g/mol. The number of aromatic amines is 1. The number of hydrogen-bond acceptors (Lipinski definition) is 5. The highest BCUT2D eigenvalue weighted by Gasteiger charge is 2.15. The van der Waals surface area contributed by atoms with Crippen molar-refractivity contribution < 1.29 is 14.5 Å². The molecule has 0 aliphatic heterocycles. The number of benzene rings is 3. The molecule has 2 amide bonds. The monoisotopic (exact) mass is 453 g/mol. The van der Waals surface area contributed by atoms with Crippen LogP contribution in [0.5, 0.6) is 0 Å². The third-order valence-electron chi connectivity index (χ3n) is 4.93. The Kier molecular flexibility index (Phi) is 6.55. The first-order valence-electron chi connectivity index (χ1n) is 10.2. The molecular formula is C25H19N5O4. The van der Waals surface area contributed by atoms with Gasteiger partial charge in [0, 0.05) is 40.4 Å². The number of carbonyl (C=O) groups is 2. The fourth-order valence-corrected chi connectivity index (χ4v) is 3.22. The molecule has 1 heterocycles. The van der Waals surface area contributed by atoms with Gasteiger partial charge in [0.2, 0.25) is 0 Å². The molecule has 0 spiro atoms. The zero-order chi connectivity index (χ0) is 23.9. The van der Waals surface area contributed by atoms with Crippen LogP contribution in [0.25, 0.3) is 17.0 Å². The van der Waals surface area contributed by atoms with Crippen molar-refractivity contribution in [1.29, 1.82) is 0 Å². The van der Waals surface area contributed by atoms with Gasteiger partial charge in [0.25, 0.3) is 17.5 Å². The maximum Gasteiger partial charge on any atom is 0.287 e. The molecule has 9 heteroatoms. The molecule has 0 saturated heterocycles. The summed E-state index contributed by atoms with van der Waals surface area (Å²) in [6.45, 7) is 0. The van der Waals surface area contributed by atoms with Crippen LogP contribution < -0.4 is 10.7 Å². The molecule has 4 aromatic rings. The quantitative estimate of drug-likeness (QED) is 0.169. The van der Waals surface area contributed by atoms with Crippen LogP contribution in [-0.2, 0) is 4.79 Å². The second-order valence-electron chi connectivity index (χ2n) is 7.22. The Morgan fingerprint density at radius 3 is 2.38 bits per heavy atom. The Balaban J connectivity index is 1.56. The molecule has 0 fully saturated rings. The summed E-state index contributed by atoms with van der Waals surface area (Å²) in [6.07, 6.45) is 4.69. The average Bonchev–Trinajstić information content (AvgIpc) is 3.27. The van der Waals surface area contributed by atoms with Gasteiger partial charge in [-0.25, -0.2) is 5.43 Å². The number of rotatable bonds is 7. The summed E-state index contributed by atoms with van der Waals surface area (Å²) < 4.78 is 0. The molecule has 0 aliphatic rings. The molecule has 34 heavy (non-hydrogen) atoms. The SMILES string of the molecule is O=C(N/N=C/c1c[nH]c2ccccc12)C(=Cc1ccc([N+](=O)[O-])cc1)NC(=O)c1ccccc1. The number of hydrazone groups is 1. The van der Waals surface area contributed by atoms with E-state index in [-0.39, 0.29) is 11.4 Å². The van der Waals surface area contributed by atoms with Crippen molar-refractivity contribution in [3.63, 3.8) is 0 Å². The second-order valence-corrected chi connectivity index (χ2v) is 7.22. The van der Waals surface area contributed by atoms with E-state index in [0.29, 0.717) is 11.1 Å². The lowest BCUT2D eigenvalue weighted by Gasteiger charge is -2.09. The second kappa shape index (κ2) is 10.0. The Morgan fingerprint density at radius 2 is 1.65 bits per heavy atom. The van der Waals surface area contributed by atoms with Crippen molar-refractivity contribution in [2.45, 2.75) is 0 Å². The Morgan fingerprint density at radius 1 is 0.941 bits per heavy atom. The van der Waals surface area contributed by atoms with E-state index in [4.69, 9.17) is 0 Å². The smallest absolute Gasteiger partial charge is 0.287 e. The van der Waals surface area contributed by atoms with E-state index in [0.717, 1.165) is 16.5 Å². The minimum atomic E-state index is -0.654. The first-order chi connectivity index (χ1) is 16.5. The number of para-hydroxylation sites is 1. The molecule has 4 rings (SSSR count). The lowest BCUT2D eigenvalue weighted by Crippen LogP contribution is -2.32. The number of nitro groups is 1. The van der Waals surface area contributed by atoms with Gasteiger partial charge in [0.1, 0.15) is 5.70 Å². The third kappa shape index (κ3) is 5.22. The minimum absolute atomic E-state index is 0.0706. The number of aromatic nitrogens is 1. The first kappa shape index (κ1) is 22.2. The number of carbonyl (C=O) groups excluding carboxylic acids is 2. The zero-order valence-electron chi connectivity index (χ0n) is 17.8. The number of non-ortho nitro benzene ring substituents is 1. The number of nitrogens with zero attached hydrogens (tertiary/aromatic N) is 2. The van der Waals surface area contributed by atoms with Crippen LogP contribution in [-0.4, -0.2) is 27.9 Å². The van der Waals surface area contributed by atoms with Crippen LogP contribution in [0.2, 0.25) is 0 Å². The van der Waals surface area contributed by atoms with Gasteiger partial charge in [0.05, 0.1) is 11.1 Å². The van der Waals surface area contributed by atoms with Crippen LogP contribution >= 0.6 is 0 Å². The van der Waals surface area contributed by atoms with Gasteiger partial charge in [-0.15, -0.1) is 0 Å². The van der Waals surface area contributed by atoms with Gasteiger partial charge in [0.15, 0.2) is 0 Å². The summed E-state index contributed by atoms with van der Waals surface area (Å²) in [5, 5.41) is 18.4. The third-order valence-corrected chi connectivity index (χ3v) is 4.93. The van der Waals surface area contributed by atoms with Crippen molar-refractivity contribution >= 4 is 40.7 Å². The summed E-state index contributed by atoms with van der Waals surface area (Å²) in [4.78, 5) is 39.0. The zero-order valence-corrected chi connectivity index (χ0v) is 17.8. The summed E-state index contributed by atoms with van der Waals surface area (Å²) in [5.74, 6) is -1.14. The molecular weight excluding hydrogens is 434 g/mol. The summed E-state index contributed by atoms with van der Waals surface area (Å²) in [6, 6.07) is 21.7. The Bertz CT molecular complexity index is 1410. The fourth-order valence-electron chi connectivity index (χ4n) is 3.22. The molecule has 9 nitrogen and oxygen atoms in total. The van der Waals surface area contributed by atoms with E-state index in [1.54, 1.807) is 36.5 Å². The highest BCUT2D eigenvalue weighted by atomic mass is 16.6. The molecule has 0 bridgehead atoms. The van der Waals surface area contributed by atoms with E-state index >= 15 is 0 Å². The van der Waals surface area contributed by atoms with E-state index in [1.807, 2.05) is 24.3 Å². The van der Waals surface area contributed by atoms with Crippen LogP contribution in [0.15, 0.2) is 95.9 Å². The normalized spacial score (nSPS) is 11.5. The van der Waals surface area contributed by atoms with Crippen molar-refractivity contribution in [2.24, 2.45) is 5.10 Å². The van der Waals surface area contributed by atoms with Crippen molar-refractivity contribution in [2.75, 3.05) is 0 Å². The van der Waals surface area contributed by atoms with Gasteiger partial charge < -0.3 is 10.3 Å². The lowest BCUT2D eigenvalue weighted by molar-refractivity contribution is -0.384. The molecule has 0 unspecified atom stereocenters. The van der Waals surface area contributed by atoms with E-state index in [2.05, 4.69) is 20.8 Å². The van der Waals surface area contributed by atoms with Gasteiger partial charge in [-0.1, -0.05) is 36.4 Å². The van der Waals surface area contributed by atoms with E-state index in [1.165, 1.54) is 36.6 Å². The minimum Gasteiger partial charge on any atom is -0.361 e. The van der Waals surface area contributed by atoms with E-state index < -0.39 is 16.7 Å². The van der Waals surface area contributed by atoms with Gasteiger partial charge >= 0.3 is 0 Å². The topological polar surface area (TPSA) is 129 Å². The predicted molar refractivity (Wildman–Crippen MR) is 129 cm³/mol. The van der Waals surface area contributed by atoms with Gasteiger partial charge in [-0.3, -0.25) is 19.7 Å². The highest BCUT2D eigenvalue weighted by molar-refractivity contribution is 6.06. The number of amides is 2. The lowest BCUT2D eigenvalue weighted by atomic mass is 10.1. The summed E-state index contributed by atoms with van der Waals surface area (Å²) in [5.41, 5.74) is 4.84. The van der Waals surface area contributed by atoms with Crippen molar-refractivity contribution in [3.05, 3.63) is 118 Å². The molecule has 0 radical (unpaired) electrons. The van der Waals surface area contributed by atoms with Gasteiger partial charge in [-0.05, 0) is 42.0 Å². The van der Waals surface area contributed by atoms with Crippen LogP contribution in [0.3, 0.4) is 0 Å². The van der Waals surface area contributed by atoms with Crippen molar-refractivity contribution in [3.8, 4) is 0 Å². The highest BCUT2D eigenvalue weighted by Crippen LogP contribution is 2.16. The number of H-pyrrole nitrogens is 1. The van der Waals surface area contributed by atoms with Crippen LogP contribution in [0, 0.1) is 10.1 Å². The maximum absolute atomic E-state index is 12.9. The fraction of sp³-hybridized carbons (Fsp3) is 0. The van der Waals surface area contributed by atoms with Crippen molar-refractivity contribution in [1.82, 2.24) is 15.7 Å². The largest absolute Gasteiger partial charge is 0.361 e. The maximum atomic E-state index is 12.9. The Labute approximate surface area is 194 Å². The van der Waals surface area contributed by atoms with Crippen LogP contribution in [0.4, 0.5) is 5.69 Å². The predicted octanol–water partition coefficient (Wildman–Crippen LogP) is 4.00. The molecule has 0 atom stereocenters. The number of fused-ring (bicyclic) bond motifs is 1. The molecule has 3 aromatic carbocycles. The Hall–Kier alpha value is -5.05. The van der Waals surface area contributed by atoms with Crippen LogP contribution in [0.1, 0.15) is 21.5 Å².